The van der Waals surface area contributed by atoms with E-state index in [2.05, 4.69) is 31.8 Å². The van der Waals surface area contributed by atoms with Gasteiger partial charge in [-0.3, -0.25) is 4.79 Å². The van der Waals surface area contributed by atoms with Gasteiger partial charge in [-0.1, -0.05) is 37.0 Å². The van der Waals surface area contributed by atoms with Crippen LogP contribution >= 0.6 is 0 Å². The number of esters is 1. The molecule has 0 saturated heterocycles. The number of hydrogen-bond donors (Lipinski definition) is 0. The normalized spacial score (nSPS) is 25.7. The first-order valence-electron chi connectivity index (χ1n) is 7.00. The van der Waals surface area contributed by atoms with Crippen molar-refractivity contribution in [1.29, 1.82) is 0 Å². The van der Waals surface area contributed by atoms with Gasteiger partial charge in [-0.05, 0) is 25.7 Å². The van der Waals surface area contributed by atoms with Gasteiger partial charge in [0.25, 0.3) is 5.78 Å². The zero-order valence-corrected chi connectivity index (χ0v) is 13.2. The second-order valence-corrected chi connectivity index (χ2v) is 11.3. The number of ether oxygens (including phenoxy) is 1. The summed E-state index contributed by atoms with van der Waals surface area (Å²) in [5.74, 6) is -0.596. The predicted octanol–water partition coefficient (Wildman–Crippen LogP) is 2.89. The van der Waals surface area contributed by atoms with E-state index in [-0.39, 0.29) is 12.5 Å². The van der Waals surface area contributed by atoms with Crippen LogP contribution in [-0.4, -0.2) is 26.4 Å². The summed E-state index contributed by atoms with van der Waals surface area (Å²) in [5, 5.41) is 1.27. The molecule has 0 saturated carbocycles. The summed E-state index contributed by atoms with van der Waals surface area (Å²) < 4.78 is 4.89. The van der Waals surface area contributed by atoms with Crippen LogP contribution in [0.4, 0.5) is 0 Å². The van der Waals surface area contributed by atoms with Gasteiger partial charge in [-0.15, -0.1) is 0 Å². The van der Waals surface area contributed by atoms with Crippen molar-refractivity contribution < 1.29 is 14.3 Å². The number of carbonyl (C=O) groups excluding carboxylic acids is 2. The maximum absolute atomic E-state index is 12.4. The van der Waals surface area contributed by atoms with Crippen molar-refractivity contribution in [2.24, 2.45) is 11.8 Å². The number of fused-ring (bicyclic) bond motifs is 1. The molecule has 2 atom stereocenters. The number of carbonyl (C=O) groups is 2. The molecule has 0 amide bonds. The smallest absolute Gasteiger partial charge is 0.379 e. The first-order valence-corrected chi connectivity index (χ1v) is 10.5. The maximum atomic E-state index is 12.4. The highest BCUT2D eigenvalue weighted by Crippen LogP contribution is 2.44. The van der Waals surface area contributed by atoms with Gasteiger partial charge in [0.05, 0.1) is 14.7 Å². The highest BCUT2D eigenvalue weighted by atomic mass is 28.3. The van der Waals surface area contributed by atoms with Crippen molar-refractivity contribution in [1.82, 2.24) is 0 Å². The third-order valence-electron chi connectivity index (χ3n) is 3.91. The van der Waals surface area contributed by atoms with Gasteiger partial charge in [-0.2, -0.15) is 0 Å². The van der Waals surface area contributed by atoms with Crippen molar-refractivity contribution in [3.05, 3.63) is 22.9 Å². The molecular formula is C15H22O3Si. The molecule has 0 spiro atoms. The Labute approximate surface area is 115 Å². The lowest BCUT2D eigenvalue weighted by Gasteiger charge is -2.40. The average molecular weight is 278 g/mol. The molecule has 0 aromatic rings. The summed E-state index contributed by atoms with van der Waals surface area (Å²) in [7, 11) is -1.60. The Bertz CT molecular complexity index is 468. The summed E-state index contributed by atoms with van der Waals surface area (Å²) in [5.41, 5.74) is 0.761. The van der Waals surface area contributed by atoms with Gasteiger partial charge in [0.15, 0.2) is 0 Å². The molecule has 0 aromatic heterocycles. The van der Waals surface area contributed by atoms with Crippen LogP contribution in [0.25, 0.3) is 0 Å². The Kier molecular flexibility index (Phi) is 3.81. The second-order valence-electron chi connectivity index (χ2n) is 6.30. The summed E-state index contributed by atoms with van der Waals surface area (Å²) in [6.07, 6.45) is 6.42. The van der Waals surface area contributed by atoms with Gasteiger partial charge in [0.1, 0.15) is 0 Å². The molecule has 0 N–H and O–H groups in total. The van der Waals surface area contributed by atoms with Crippen molar-refractivity contribution in [2.45, 2.75) is 39.4 Å². The SMILES string of the molecule is CCOC(=O)C(=O)C1=C([Si](C)(C)C)[C@@H]2C=C[C@H]1CC2. The molecule has 4 heteroatoms. The molecule has 19 heavy (non-hydrogen) atoms. The van der Waals surface area contributed by atoms with Crippen molar-refractivity contribution in [2.75, 3.05) is 6.61 Å². The summed E-state index contributed by atoms with van der Waals surface area (Å²) in [6, 6.07) is 0. The first kappa shape index (κ1) is 14.3. The van der Waals surface area contributed by atoms with Crippen LogP contribution in [0.15, 0.2) is 22.9 Å². The Morgan fingerprint density at radius 1 is 1.21 bits per heavy atom. The monoisotopic (exact) mass is 278 g/mol. The van der Waals surface area contributed by atoms with E-state index in [0.717, 1.165) is 18.4 Å². The third kappa shape index (κ3) is 2.59. The van der Waals surface area contributed by atoms with Crippen molar-refractivity contribution >= 4 is 19.8 Å². The highest BCUT2D eigenvalue weighted by molar-refractivity contribution is 6.84. The number of Topliss-reactive ketones (excluding diaryl/α,β-unsaturated/α-hetero) is 1. The zero-order chi connectivity index (χ0) is 14.2. The molecule has 0 aromatic carbocycles. The third-order valence-corrected chi connectivity index (χ3v) is 6.17. The van der Waals surface area contributed by atoms with E-state index in [1.165, 1.54) is 5.20 Å². The van der Waals surface area contributed by atoms with Gasteiger partial charge in [-0.25, -0.2) is 4.79 Å². The lowest BCUT2D eigenvalue weighted by molar-refractivity contribution is -0.152. The molecule has 2 bridgehead atoms. The van der Waals surface area contributed by atoms with Crippen LogP contribution in [0.1, 0.15) is 19.8 Å². The molecule has 0 aliphatic heterocycles. The van der Waals surface area contributed by atoms with E-state index in [4.69, 9.17) is 4.74 Å². The van der Waals surface area contributed by atoms with Crippen LogP contribution < -0.4 is 0 Å². The quantitative estimate of drug-likeness (QED) is 0.344. The van der Waals surface area contributed by atoms with Crippen molar-refractivity contribution in [3.63, 3.8) is 0 Å². The number of hydrogen-bond acceptors (Lipinski definition) is 3. The number of ketones is 1. The standard InChI is InChI=1S/C15H22O3Si/c1-5-18-15(17)13(16)12-10-6-8-11(9-7-10)14(12)19(2,3)4/h6,8,10-11H,5,7,9H2,1-4H3/t10-,11+/m0/s1. The van der Waals surface area contributed by atoms with Crippen LogP contribution in [0.2, 0.25) is 19.6 Å². The van der Waals surface area contributed by atoms with E-state index >= 15 is 0 Å². The molecule has 0 unspecified atom stereocenters. The minimum absolute atomic E-state index is 0.128. The average Bonchev–Trinajstić information content (AvgIpc) is 2.37. The molecule has 104 valence electrons. The molecule has 3 aliphatic carbocycles. The fourth-order valence-corrected chi connectivity index (χ4v) is 5.72. The summed E-state index contributed by atoms with van der Waals surface area (Å²) in [4.78, 5) is 24.2. The highest BCUT2D eigenvalue weighted by Gasteiger charge is 2.41. The maximum Gasteiger partial charge on any atom is 0.379 e. The van der Waals surface area contributed by atoms with Gasteiger partial charge in [0, 0.05) is 11.5 Å². The minimum Gasteiger partial charge on any atom is -0.460 e. The first-order chi connectivity index (χ1) is 8.86. The Balaban J connectivity index is 2.43. The Hall–Kier alpha value is -1.16. The molecule has 0 fully saturated rings. The van der Waals surface area contributed by atoms with E-state index in [1.54, 1.807) is 6.92 Å². The molecule has 3 rings (SSSR count). The lowest BCUT2D eigenvalue weighted by atomic mass is 9.75. The van der Waals surface area contributed by atoms with Crippen LogP contribution in [-0.2, 0) is 14.3 Å². The summed E-state index contributed by atoms with van der Waals surface area (Å²) >= 11 is 0. The van der Waals surface area contributed by atoms with Crippen LogP contribution in [0.5, 0.6) is 0 Å². The van der Waals surface area contributed by atoms with Crippen LogP contribution in [0.3, 0.4) is 0 Å². The van der Waals surface area contributed by atoms with Gasteiger partial charge in [0.2, 0.25) is 0 Å². The predicted molar refractivity (Wildman–Crippen MR) is 77.4 cm³/mol. The molecule has 0 radical (unpaired) electrons. The van der Waals surface area contributed by atoms with Crippen molar-refractivity contribution in [3.8, 4) is 0 Å². The van der Waals surface area contributed by atoms with Crippen LogP contribution in [0, 0.1) is 11.8 Å². The van der Waals surface area contributed by atoms with Gasteiger partial charge >= 0.3 is 5.97 Å². The fraction of sp³-hybridized carbons (Fsp3) is 0.600. The second kappa shape index (κ2) is 5.08. The molecular weight excluding hydrogens is 256 g/mol. The Morgan fingerprint density at radius 3 is 2.26 bits per heavy atom. The van der Waals surface area contributed by atoms with E-state index in [1.807, 2.05) is 0 Å². The molecule has 3 nitrogen and oxygen atoms in total. The lowest BCUT2D eigenvalue weighted by Crippen LogP contribution is -2.40. The molecule has 3 aliphatic rings. The Morgan fingerprint density at radius 2 is 1.79 bits per heavy atom. The topological polar surface area (TPSA) is 43.4 Å². The fourth-order valence-electron chi connectivity index (χ4n) is 3.26. The molecule has 0 heterocycles. The van der Waals surface area contributed by atoms with E-state index in [0.29, 0.717) is 5.92 Å². The largest absolute Gasteiger partial charge is 0.460 e. The van der Waals surface area contributed by atoms with Gasteiger partial charge < -0.3 is 4.74 Å². The number of rotatable bonds is 4. The number of allylic oxidation sites excluding steroid dienone is 3. The summed E-state index contributed by atoms with van der Waals surface area (Å²) in [6.45, 7) is 8.72. The zero-order valence-electron chi connectivity index (χ0n) is 12.2. The van der Waals surface area contributed by atoms with E-state index in [9.17, 15) is 9.59 Å². The minimum atomic E-state index is -1.60. The van der Waals surface area contributed by atoms with E-state index < -0.39 is 19.8 Å².